The number of hydrogen-bond acceptors (Lipinski definition) is 7. The van der Waals surface area contributed by atoms with Gasteiger partial charge in [-0.2, -0.15) is 0 Å². The number of carbonyl (C=O) groups excluding carboxylic acids is 2. The first-order valence-electron chi connectivity index (χ1n) is 7.85. The molecular weight excluding hydrogens is 316 g/mol. The number of amides is 1. The second-order valence-corrected chi connectivity index (χ2v) is 6.41. The van der Waals surface area contributed by atoms with E-state index in [-0.39, 0.29) is 30.9 Å². The van der Waals surface area contributed by atoms with Gasteiger partial charge in [-0.05, 0) is 34.1 Å². The van der Waals surface area contributed by atoms with Gasteiger partial charge in [0.1, 0.15) is 5.60 Å². The van der Waals surface area contributed by atoms with E-state index in [1.807, 2.05) is 0 Å². The summed E-state index contributed by atoms with van der Waals surface area (Å²) in [6, 6.07) is 0. The van der Waals surface area contributed by atoms with E-state index in [4.69, 9.17) is 20.1 Å². The van der Waals surface area contributed by atoms with Gasteiger partial charge < -0.3 is 20.1 Å². The summed E-state index contributed by atoms with van der Waals surface area (Å²) >= 11 is 0. The largest absolute Gasteiger partial charge is 0.461 e. The van der Waals surface area contributed by atoms with Crippen LogP contribution in [-0.2, 0) is 14.2 Å². The van der Waals surface area contributed by atoms with Crippen LogP contribution in [0.2, 0.25) is 0 Å². The molecule has 2 heterocycles. The number of aromatic nitrogens is 2. The van der Waals surface area contributed by atoms with Crippen molar-refractivity contribution in [3.8, 4) is 0 Å². The number of imidazole rings is 1. The van der Waals surface area contributed by atoms with Crippen LogP contribution < -0.4 is 10.7 Å². The Morgan fingerprint density at radius 2 is 2.17 bits per heavy atom. The SMILES string of the molecule is CCOC(=O)c1cnc(N(CC2CCO2)C(=O)OC(C)(C)C)n1N. The minimum Gasteiger partial charge on any atom is -0.461 e. The molecule has 2 N–H and O–H groups in total. The monoisotopic (exact) mass is 340 g/mol. The van der Waals surface area contributed by atoms with Crippen LogP contribution in [0.5, 0.6) is 0 Å². The summed E-state index contributed by atoms with van der Waals surface area (Å²) in [5.41, 5.74) is -0.624. The van der Waals surface area contributed by atoms with Crippen LogP contribution >= 0.6 is 0 Å². The number of anilines is 1. The Bertz CT molecular complexity index is 603. The first kappa shape index (κ1) is 18.1. The Hall–Kier alpha value is -2.29. The molecule has 1 fully saturated rings. The fraction of sp³-hybridized carbons (Fsp3) is 0.667. The zero-order valence-electron chi connectivity index (χ0n) is 14.4. The molecule has 1 amide bonds. The molecule has 0 radical (unpaired) electrons. The van der Waals surface area contributed by atoms with E-state index in [1.54, 1.807) is 27.7 Å². The highest BCUT2D eigenvalue weighted by atomic mass is 16.6. The predicted molar refractivity (Wildman–Crippen MR) is 86.3 cm³/mol. The average Bonchev–Trinajstić information content (AvgIpc) is 2.77. The molecule has 1 unspecified atom stereocenters. The van der Waals surface area contributed by atoms with Gasteiger partial charge in [0.15, 0.2) is 5.69 Å². The molecule has 0 saturated carbocycles. The first-order chi connectivity index (χ1) is 11.2. The van der Waals surface area contributed by atoms with E-state index in [9.17, 15) is 9.59 Å². The van der Waals surface area contributed by atoms with Crippen molar-refractivity contribution < 1.29 is 23.8 Å². The minimum atomic E-state index is -0.675. The van der Waals surface area contributed by atoms with E-state index in [2.05, 4.69) is 4.98 Å². The molecule has 1 saturated heterocycles. The van der Waals surface area contributed by atoms with Gasteiger partial charge in [0.05, 0.1) is 25.5 Å². The number of esters is 1. The molecule has 134 valence electrons. The molecular formula is C15H24N4O5. The Morgan fingerprint density at radius 1 is 1.50 bits per heavy atom. The van der Waals surface area contributed by atoms with Crippen molar-refractivity contribution in [3.63, 3.8) is 0 Å². The Balaban J connectivity index is 2.26. The Kier molecular flexibility index (Phi) is 5.33. The second-order valence-electron chi connectivity index (χ2n) is 6.41. The van der Waals surface area contributed by atoms with Gasteiger partial charge in [0.2, 0.25) is 5.95 Å². The summed E-state index contributed by atoms with van der Waals surface area (Å²) in [6.45, 7) is 8.09. The summed E-state index contributed by atoms with van der Waals surface area (Å²) in [7, 11) is 0. The van der Waals surface area contributed by atoms with Crippen LogP contribution in [0.15, 0.2) is 6.20 Å². The molecule has 0 bridgehead atoms. The fourth-order valence-electron chi connectivity index (χ4n) is 2.09. The molecule has 0 aromatic carbocycles. The normalized spacial score (nSPS) is 17.1. The second kappa shape index (κ2) is 7.08. The highest BCUT2D eigenvalue weighted by molar-refractivity contribution is 5.90. The van der Waals surface area contributed by atoms with Crippen LogP contribution in [0, 0.1) is 0 Å². The lowest BCUT2D eigenvalue weighted by Crippen LogP contribution is -2.46. The standard InChI is InChI=1S/C15H24N4O5/c1-5-22-12(20)11-8-17-13(19(11)16)18(9-10-6-7-23-10)14(21)24-15(2,3)4/h8,10H,5-7,9,16H2,1-4H3. The third-order valence-electron chi connectivity index (χ3n) is 3.30. The van der Waals surface area contributed by atoms with E-state index >= 15 is 0 Å². The van der Waals surface area contributed by atoms with E-state index < -0.39 is 17.7 Å². The number of nitrogens with zero attached hydrogens (tertiary/aromatic N) is 3. The number of carbonyl (C=O) groups is 2. The highest BCUT2D eigenvalue weighted by Gasteiger charge is 2.32. The third kappa shape index (κ3) is 4.16. The lowest BCUT2D eigenvalue weighted by molar-refractivity contribution is -0.0455. The molecule has 0 spiro atoms. The van der Waals surface area contributed by atoms with Gasteiger partial charge in [-0.3, -0.25) is 0 Å². The zero-order valence-corrected chi connectivity index (χ0v) is 14.4. The Morgan fingerprint density at radius 3 is 2.67 bits per heavy atom. The molecule has 9 heteroatoms. The maximum absolute atomic E-state index is 12.5. The summed E-state index contributed by atoms with van der Waals surface area (Å²) < 4.78 is 16.7. The summed E-state index contributed by atoms with van der Waals surface area (Å²) in [6.07, 6.45) is 1.38. The quantitative estimate of drug-likeness (QED) is 0.635. The number of hydrogen-bond donors (Lipinski definition) is 1. The van der Waals surface area contributed by atoms with Gasteiger partial charge in [-0.1, -0.05) is 0 Å². The van der Waals surface area contributed by atoms with Crippen molar-refractivity contribution in [2.24, 2.45) is 0 Å². The number of ether oxygens (including phenoxy) is 3. The molecule has 1 aromatic rings. The van der Waals surface area contributed by atoms with E-state index in [0.29, 0.717) is 6.61 Å². The summed E-state index contributed by atoms with van der Waals surface area (Å²) in [4.78, 5) is 29.7. The van der Waals surface area contributed by atoms with Gasteiger partial charge in [-0.15, -0.1) is 0 Å². The van der Waals surface area contributed by atoms with Gasteiger partial charge in [-0.25, -0.2) is 24.1 Å². The van der Waals surface area contributed by atoms with Crippen molar-refractivity contribution in [1.82, 2.24) is 9.66 Å². The zero-order chi connectivity index (χ0) is 17.9. The van der Waals surface area contributed by atoms with Crippen LogP contribution in [0.1, 0.15) is 44.6 Å². The number of nitrogen functional groups attached to an aromatic ring is 1. The van der Waals surface area contributed by atoms with E-state index in [1.165, 1.54) is 11.1 Å². The predicted octanol–water partition coefficient (Wildman–Crippen LogP) is 1.30. The van der Waals surface area contributed by atoms with Crippen molar-refractivity contribution in [3.05, 3.63) is 11.9 Å². The van der Waals surface area contributed by atoms with E-state index in [0.717, 1.165) is 11.1 Å². The van der Waals surface area contributed by atoms with Gasteiger partial charge in [0.25, 0.3) is 0 Å². The number of nitrogens with two attached hydrogens (primary N) is 1. The highest BCUT2D eigenvalue weighted by Crippen LogP contribution is 2.21. The number of rotatable bonds is 5. The first-order valence-corrected chi connectivity index (χ1v) is 7.85. The van der Waals surface area contributed by atoms with Crippen LogP contribution in [0.3, 0.4) is 0 Å². The molecule has 1 aliphatic heterocycles. The smallest absolute Gasteiger partial charge is 0.417 e. The van der Waals surface area contributed by atoms with Crippen molar-refractivity contribution in [2.45, 2.75) is 45.8 Å². The lowest BCUT2D eigenvalue weighted by atomic mass is 10.2. The fourth-order valence-corrected chi connectivity index (χ4v) is 2.09. The Labute approximate surface area is 140 Å². The van der Waals surface area contributed by atoms with Crippen molar-refractivity contribution >= 4 is 18.0 Å². The van der Waals surface area contributed by atoms with Crippen molar-refractivity contribution in [1.29, 1.82) is 0 Å². The maximum atomic E-state index is 12.5. The van der Waals surface area contributed by atoms with Gasteiger partial charge >= 0.3 is 12.1 Å². The third-order valence-corrected chi connectivity index (χ3v) is 3.30. The lowest BCUT2D eigenvalue weighted by Gasteiger charge is -2.33. The van der Waals surface area contributed by atoms with Crippen LogP contribution in [-0.4, -0.2) is 53.2 Å². The molecule has 9 nitrogen and oxygen atoms in total. The molecule has 1 aromatic heterocycles. The summed E-state index contributed by atoms with van der Waals surface area (Å²) in [5.74, 6) is 5.43. The topological polar surface area (TPSA) is 109 Å². The molecule has 2 rings (SSSR count). The molecule has 24 heavy (non-hydrogen) atoms. The maximum Gasteiger partial charge on any atom is 0.417 e. The van der Waals surface area contributed by atoms with Crippen LogP contribution in [0.25, 0.3) is 0 Å². The van der Waals surface area contributed by atoms with Gasteiger partial charge in [0, 0.05) is 6.61 Å². The average molecular weight is 340 g/mol. The minimum absolute atomic E-state index is 0.0509. The molecule has 1 atom stereocenters. The van der Waals surface area contributed by atoms with Crippen LogP contribution in [0.4, 0.5) is 10.7 Å². The van der Waals surface area contributed by atoms with Crippen molar-refractivity contribution in [2.75, 3.05) is 30.5 Å². The molecule has 0 aliphatic carbocycles. The summed E-state index contributed by atoms with van der Waals surface area (Å²) in [5, 5.41) is 0. The molecule has 1 aliphatic rings.